The summed E-state index contributed by atoms with van der Waals surface area (Å²) in [4.78, 5) is 6.46. The van der Waals surface area contributed by atoms with Crippen molar-refractivity contribution in [3.63, 3.8) is 0 Å². The zero-order chi connectivity index (χ0) is 15.7. The first-order valence-electron chi connectivity index (χ1n) is 7.26. The first kappa shape index (κ1) is 14.6. The number of ether oxygens (including phenoxy) is 2. The number of fused-ring (bicyclic) bond motifs is 1. The summed E-state index contributed by atoms with van der Waals surface area (Å²) in [6.45, 7) is 2.91. The Labute approximate surface area is 129 Å². The average molecular weight is 302 g/mol. The molecule has 1 aliphatic rings. The van der Waals surface area contributed by atoms with Crippen LogP contribution in [0.25, 0.3) is 0 Å². The van der Waals surface area contributed by atoms with E-state index in [-0.39, 0.29) is 11.9 Å². The standard InChI is InChI=1S/C17H19FN2O2/c1-11-16-10-19-17(22-3)6-12(16)4-5-20(11)14-7-13(18)8-15(9-14)21-2/h6-11H,4-5H2,1-3H3. The Bertz CT molecular complexity index is 690. The van der Waals surface area contributed by atoms with Gasteiger partial charge in [-0.1, -0.05) is 0 Å². The van der Waals surface area contributed by atoms with Crippen LogP contribution in [0, 0.1) is 5.82 Å². The monoisotopic (exact) mass is 302 g/mol. The predicted octanol–water partition coefficient (Wildman–Crippen LogP) is 3.36. The molecule has 0 saturated carbocycles. The molecule has 1 aromatic heterocycles. The van der Waals surface area contributed by atoms with E-state index in [1.54, 1.807) is 20.3 Å². The lowest BCUT2D eigenvalue weighted by atomic mass is 9.95. The highest BCUT2D eigenvalue weighted by atomic mass is 19.1. The van der Waals surface area contributed by atoms with Crippen LogP contribution in [-0.4, -0.2) is 25.7 Å². The quantitative estimate of drug-likeness (QED) is 0.871. The summed E-state index contributed by atoms with van der Waals surface area (Å²) in [7, 11) is 3.16. The predicted molar refractivity (Wildman–Crippen MR) is 83.2 cm³/mol. The number of hydrogen-bond donors (Lipinski definition) is 0. The summed E-state index contributed by atoms with van der Waals surface area (Å²) in [5.74, 6) is 0.868. The average Bonchev–Trinajstić information content (AvgIpc) is 2.54. The van der Waals surface area contributed by atoms with Crippen molar-refractivity contribution in [2.24, 2.45) is 0 Å². The second kappa shape index (κ2) is 5.83. The normalized spacial score (nSPS) is 17.1. The second-order valence-electron chi connectivity index (χ2n) is 5.39. The smallest absolute Gasteiger partial charge is 0.213 e. The molecule has 3 rings (SSSR count). The zero-order valence-electron chi connectivity index (χ0n) is 13.0. The lowest BCUT2D eigenvalue weighted by Gasteiger charge is -2.37. The third-order valence-corrected chi connectivity index (χ3v) is 4.17. The maximum atomic E-state index is 13.8. The molecule has 0 radical (unpaired) electrons. The number of halogens is 1. The molecule has 0 spiro atoms. The highest BCUT2D eigenvalue weighted by molar-refractivity contribution is 5.55. The third-order valence-electron chi connectivity index (χ3n) is 4.17. The van der Waals surface area contributed by atoms with Gasteiger partial charge in [0.2, 0.25) is 5.88 Å². The Kier molecular flexibility index (Phi) is 3.88. The number of rotatable bonds is 3. The maximum Gasteiger partial charge on any atom is 0.213 e. The lowest BCUT2D eigenvalue weighted by molar-refractivity contribution is 0.396. The molecule has 22 heavy (non-hydrogen) atoms. The van der Waals surface area contributed by atoms with Gasteiger partial charge in [0.05, 0.1) is 20.3 Å². The molecule has 0 amide bonds. The summed E-state index contributed by atoms with van der Waals surface area (Å²) < 4.78 is 24.1. The molecule has 116 valence electrons. The fraction of sp³-hybridized carbons (Fsp3) is 0.353. The Balaban J connectivity index is 1.95. The van der Waals surface area contributed by atoms with Crippen molar-refractivity contribution in [2.45, 2.75) is 19.4 Å². The molecule has 0 N–H and O–H groups in total. The maximum absolute atomic E-state index is 13.8. The molecule has 0 aliphatic carbocycles. The number of pyridine rings is 1. The van der Waals surface area contributed by atoms with Gasteiger partial charge in [0, 0.05) is 36.6 Å². The fourth-order valence-electron chi connectivity index (χ4n) is 2.98. The molecule has 5 heteroatoms. The van der Waals surface area contributed by atoms with Crippen molar-refractivity contribution < 1.29 is 13.9 Å². The molecule has 4 nitrogen and oxygen atoms in total. The highest BCUT2D eigenvalue weighted by Crippen LogP contribution is 2.35. The van der Waals surface area contributed by atoms with Crippen LogP contribution in [0.2, 0.25) is 0 Å². The minimum Gasteiger partial charge on any atom is -0.497 e. The number of anilines is 1. The number of hydrogen-bond acceptors (Lipinski definition) is 4. The Morgan fingerprint density at radius 3 is 2.73 bits per heavy atom. The SMILES string of the molecule is COc1cc(F)cc(N2CCc3cc(OC)ncc3C2C)c1. The van der Waals surface area contributed by atoms with Crippen LogP contribution in [0.5, 0.6) is 11.6 Å². The molecule has 2 aromatic rings. The van der Waals surface area contributed by atoms with Crippen LogP contribution < -0.4 is 14.4 Å². The largest absolute Gasteiger partial charge is 0.497 e. The van der Waals surface area contributed by atoms with E-state index in [0.717, 1.165) is 24.2 Å². The van der Waals surface area contributed by atoms with Gasteiger partial charge in [-0.2, -0.15) is 0 Å². The van der Waals surface area contributed by atoms with E-state index in [4.69, 9.17) is 9.47 Å². The fourth-order valence-corrected chi connectivity index (χ4v) is 2.98. The van der Waals surface area contributed by atoms with Crippen molar-refractivity contribution in [3.05, 3.63) is 47.4 Å². The zero-order valence-corrected chi connectivity index (χ0v) is 13.0. The topological polar surface area (TPSA) is 34.6 Å². The van der Waals surface area contributed by atoms with Gasteiger partial charge in [-0.3, -0.25) is 0 Å². The van der Waals surface area contributed by atoms with Crippen LogP contribution in [-0.2, 0) is 6.42 Å². The molecule has 1 atom stereocenters. The number of aromatic nitrogens is 1. The number of benzene rings is 1. The summed E-state index contributed by atoms with van der Waals surface area (Å²) in [6, 6.07) is 6.89. The van der Waals surface area contributed by atoms with Crippen LogP contribution in [0.1, 0.15) is 24.1 Å². The van der Waals surface area contributed by atoms with Crippen LogP contribution in [0.15, 0.2) is 30.5 Å². The van der Waals surface area contributed by atoms with E-state index in [1.165, 1.54) is 11.6 Å². The Morgan fingerprint density at radius 2 is 2.00 bits per heavy atom. The van der Waals surface area contributed by atoms with Crippen LogP contribution >= 0.6 is 0 Å². The Morgan fingerprint density at radius 1 is 1.18 bits per heavy atom. The lowest BCUT2D eigenvalue weighted by Crippen LogP contribution is -2.34. The second-order valence-corrected chi connectivity index (χ2v) is 5.39. The molecule has 2 heterocycles. The Hall–Kier alpha value is -2.30. The van der Waals surface area contributed by atoms with Crippen molar-refractivity contribution in [1.82, 2.24) is 4.98 Å². The first-order chi connectivity index (χ1) is 10.6. The minimum atomic E-state index is -0.291. The molecule has 0 saturated heterocycles. The summed E-state index contributed by atoms with van der Waals surface area (Å²) >= 11 is 0. The van der Waals surface area contributed by atoms with Crippen molar-refractivity contribution in [1.29, 1.82) is 0 Å². The van der Waals surface area contributed by atoms with Gasteiger partial charge in [-0.15, -0.1) is 0 Å². The molecule has 0 bridgehead atoms. The van der Waals surface area contributed by atoms with Gasteiger partial charge in [0.1, 0.15) is 11.6 Å². The van der Waals surface area contributed by atoms with E-state index in [2.05, 4.69) is 16.8 Å². The molecular weight excluding hydrogens is 283 g/mol. The summed E-state index contributed by atoms with van der Waals surface area (Å²) in [6.07, 6.45) is 2.72. The van der Waals surface area contributed by atoms with Crippen molar-refractivity contribution in [2.75, 3.05) is 25.7 Å². The van der Waals surface area contributed by atoms with Gasteiger partial charge in [-0.25, -0.2) is 9.37 Å². The van der Waals surface area contributed by atoms with Gasteiger partial charge < -0.3 is 14.4 Å². The molecule has 1 aromatic carbocycles. The van der Waals surface area contributed by atoms with Crippen molar-refractivity contribution in [3.8, 4) is 11.6 Å². The molecular formula is C17H19FN2O2. The first-order valence-corrected chi connectivity index (χ1v) is 7.26. The van der Waals surface area contributed by atoms with Crippen LogP contribution in [0.3, 0.4) is 0 Å². The van der Waals surface area contributed by atoms with E-state index in [1.807, 2.05) is 18.3 Å². The highest BCUT2D eigenvalue weighted by Gasteiger charge is 2.25. The van der Waals surface area contributed by atoms with E-state index >= 15 is 0 Å². The van der Waals surface area contributed by atoms with Gasteiger partial charge in [-0.05, 0) is 30.5 Å². The van der Waals surface area contributed by atoms with E-state index in [0.29, 0.717) is 11.6 Å². The molecule has 0 fully saturated rings. The van der Waals surface area contributed by atoms with Crippen molar-refractivity contribution >= 4 is 5.69 Å². The molecule has 1 unspecified atom stereocenters. The molecule has 1 aliphatic heterocycles. The van der Waals surface area contributed by atoms with Crippen LogP contribution in [0.4, 0.5) is 10.1 Å². The summed E-state index contributed by atoms with van der Waals surface area (Å²) in [5.41, 5.74) is 3.21. The van der Waals surface area contributed by atoms with Gasteiger partial charge in [0.15, 0.2) is 0 Å². The van der Waals surface area contributed by atoms with Gasteiger partial charge >= 0.3 is 0 Å². The number of nitrogens with zero attached hydrogens (tertiary/aromatic N) is 2. The van der Waals surface area contributed by atoms with Gasteiger partial charge in [0.25, 0.3) is 0 Å². The van der Waals surface area contributed by atoms with E-state index < -0.39 is 0 Å². The minimum absolute atomic E-state index is 0.119. The third kappa shape index (κ3) is 2.58. The summed E-state index contributed by atoms with van der Waals surface area (Å²) in [5, 5.41) is 0. The number of methoxy groups -OCH3 is 2. The van der Waals surface area contributed by atoms with E-state index in [9.17, 15) is 4.39 Å².